The van der Waals surface area contributed by atoms with Gasteiger partial charge in [-0.2, -0.15) is 0 Å². The maximum Gasteiger partial charge on any atom is 0.267 e. The van der Waals surface area contributed by atoms with Crippen LogP contribution < -0.4 is 4.31 Å². The molecular weight excluding hydrogens is 339 g/mol. The quantitative estimate of drug-likeness (QED) is 0.826. The van der Waals surface area contributed by atoms with E-state index < -0.39 is 15.8 Å². The summed E-state index contributed by atoms with van der Waals surface area (Å²) >= 11 is 0. The summed E-state index contributed by atoms with van der Waals surface area (Å²) in [7, 11) is -1.89. The Hall–Kier alpha value is -1.92. The van der Waals surface area contributed by atoms with Gasteiger partial charge in [0.25, 0.3) is 10.0 Å². The predicted molar refractivity (Wildman–Crippen MR) is 95.9 cm³/mol. The first kappa shape index (κ1) is 16.5. The fourth-order valence-electron chi connectivity index (χ4n) is 4.11. The molecule has 0 saturated carbocycles. The molecule has 0 amide bonds. The van der Waals surface area contributed by atoms with E-state index in [0.29, 0.717) is 5.69 Å². The monoisotopic (exact) mass is 360 g/mol. The Labute approximate surface area is 147 Å². The minimum Gasteiger partial charge on any atom is -0.306 e. The topological polar surface area (TPSA) is 40.6 Å². The van der Waals surface area contributed by atoms with E-state index in [4.69, 9.17) is 0 Å². The van der Waals surface area contributed by atoms with Gasteiger partial charge in [0, 0.05) is 12.5 Å². The van der Waals surface area contributed by atoms with Gasteiger partial charge >= 0.3 is 0 Å². The van der Waals surface area contributed by atoms with E-state index in [1.54, 1.807) is 6.07 Å². The number of likely N-dealkylation sites (tertiary alicyclic amines) is 1. The van der Waals surface area contributed by atoms with Gasteiger partial charge in [0.05, 0.1) is 11.7 Å². The average molecular weight is 360 g/mol. The summed E-state index contributed by atoms with van der Waals surface area (Å²) in [5.74, 6) is -0.581. The van der Waals surface area contributed by atoms with Crippen molar-refractivity contribution in [1.29, 1.82) is 0 Å². The number of hydrogen-bond acceptors (Lipinski definition) is 3. The number of rotatable bonds is 2. The van der Waals surface area contributed by atoms with E-state index in [0.717, 1.165) is 30.6 Å². The predicted octanol–water partition coefficient (Wildman–Crippen LogP) is 3.13. The SMILES string of the molecule is Cc1ccc2c(c1)[C@@H]1CN(C)CC[C@@H]1N2S(=O)(=O)c1ccccc1F. The van der Waals surface area contributed by atoms with Crippen LogP contribution in [0.5, 0.6) is 0 Å². The van der Waals surface area contributed by atoms with Crippen molar-refractivity contribution in [1.82, 2.24) is 4.90 Å². The molecule has 0 aromatic heterocycles. The van der Waals surface area contributed by atoms with Crippen LogP contribution in [0.3, 0.4) is 0 Å². The Morgan fingerprint density at radius 1 is 1.16 bits per heavy atom. The van der Waals surface area contributed by atoms with Crippen molar-refractivity contribution in [2.75, 3.05) is 24.4 Å². The van der Waals surface area contributed by atoms with Crippen LogP contribution in [0.2, 0.25) is 0 Å². The van der Waals surface area contributed by atoms with Crippen molar-refractivity contribution in [3.63, 3.8) is 0 Å². The first-order chi connectivity index (χ1) is 11.9. The van der Waals surface area contributed by atoms with Crippen molar-refractivity contribution in [3.8, 4) is 0 Å². The van der Waals surface area contributed by atoms with Gasteiger partial charge < -0.3 is 4.90 Å². The van der Waals surface area contributed by atoms with Crippen molar-refractivity contribution in [2.24, 2.45) is 0 Å². The zero-order valence-corrected chi connectivity index (χ0v) is 15.1. The van der Waals surface area contributed by atoms with Gasteiger partial charge in [0.15, 0.2) is 0 Å². The summed E-state index contributed by atoms with van der Waals surface area (Å²) in [6, 6.07) is 11.3. The lowest BCUT2D eigenvalue weighted by atomic mass is 9.89. The van der Waals surface area contributed by atoms with Crippen LogP contribution in [0.4, 0.5) is 10.1 Å². The van der Waals surface area contributed by atoms with E-state index in [-0.39, 0.29) is 16.9 Å². The molecule has 4 rings (SSSR count). The number of benzene rings is 2. The van der Waals surface area contributed by atoms with Crippen LogP contribution in [0.25, 0.3) is 0 Å². The molecule has 0 spiro atoms. The molecule has 0 radical (unpaired) electrons. The summed E-state index contributed by atoms with van der Waals surface area (Å²) in [4.78, 5) is 1.98. The highest BCUT2D eigenvalue weighted by Gasteiger charge is 2.47. The van der Waals surface area contributed by atoms with Gasteiger partial charge in [-0.1, -0.05) is 29.8 Å². The Kier molecular flexibility index (Phi) is 3.85. The second-order valence-corrected chi connectivity index (χ2v) is 8.80. The Balaban J connectivity index is 1.89. The molecule has 0 unspecified atom stereocenters. The number of likely N-dealkylation sites (N-methyl/N-ethyl adjacent to an activating group) is 1. The lowest BCUT2D eigenvalue weighted by molar-refractivity contribution is 0.237. The van der Waals surface area contributed by atoms with Gasteiger partial charge in [-0.25, -0.2) is 12.8 Å². The van der Waals surface area contributed by atoms with Crippen LogP contribution >= 0.6 is 0 Å². The van der Waals surface area contributed by atoms with Gasteiger partial charge in [0.1, 0.15) is 10.7 Å². The highest BCUT2D eigenvalue weighted by molar-refractivity contribution is 7.92. The number of halogens is 1. The molecule has 2 aromatic carbocycles. The molecule has 2 aliphatic heterocycles. The third-order valence-electron chi connectivity index (χ3n) is 5.27. The number of sulfonamides is 1. The first-order valence-corrected chi connectivity index (χ1v) is 9.91. The molecule has 25 heavy (non-hydrogen) atoms. The van der Waals surface area contributed by atoms with Crippen molar-refractivity contribution >= 4 is 15.7 Å². The number of nitrogens with zero attached hydrogens (tertiary/aromatic N) is 2. The fraction of sp³-hybridized carbons (Fsp3) is 0.368. The molecule has 1 saturated heterocycles. The van der Waals surface area contributed by atoms with Gasteiger partial charge in [-0.05, 0) is 50.7 Å². The van der Waals surface area contributed by atoms with E-state index in [2.05, 4.69) is 18.0 Å². The summed E-state index contributed by atoms with van der Waals surface area (Å²) in [5.41, 5.74) is 2.85. The molecule has 2 heterocycles. The highest BCUT2D eigenvalue weighted by Crippen LogP contribution is 2.47. The van der Waals surface area contributed by atoms with Crippen LogP contribution in [-0.4, -0.2) is 39.5 Å². The molecule has 0 N–H and O–H groups in total. The summed E-state index contributed by atoms with van der Waals surface area (Å²) in [6.07, 6.45) is 0.739. The summed E-state index contributed by atoms with van der Waals surface area (Å²) < 4.78 is 42.3. The van der Waals surface area contributed by atoms with E-state index in [1.165, 1.54) is 22.5 Å². The third kappa shape index (κ3) is 2.55. The maximum absolute atomic E-state index is 14.3. The van der Waals surface area contributed by atoms with Crippen molar-refractivity contribution in [2.45, 2.75) is 30.2 Å². The molecule has 0 bridgehead atoms. The van der Waals surface area contributed by atoms with Crippen LogP contribution in [0, 0.1) is 12.7 Å². The average Bonchev–Trinajstić information content (AvgIpc) is 2.89. The molecule has 0 aliphatic carbocycles. The highest BCUT2D eigenvalue weighted by atomic mass is 32.2. The number of piperidine rings is 1. The van der Waals surface area contributed by atoms with Gasteiger partial charge in [0.2, 0.25) is 0 Å². The molecule has 2 aromatic rings. The van der Waals surface area contributed by atoms with E-state index in [1.807, 2.05) is 19.1 Å². The van der Waals surface area contributed by atoms with Crippen molar-refractivity contribution in [3.05, 3.63) is 59.4 Å². The minimum atomic E-state index is -3.94. The number of aryl methyl sites for hydroxylation is 1. The summed E-state index contributed by atoms with van der Waals surface area (Å²) in [5, 5.41) is 0. The van der Waals surface area contributed by atoms with E-state index >= 15 is 0 Å². The standard InChI is InChI=1S/C19H21FN2O2S/c1-13-7-8-17-14(11-13)15-12-21(2)10-9-18(15)22(17)25(23,24)19-6-4-3-5-16(19)20/h3-8,11,15,18H,9-10,12H2,1-2H3/t15-,18-/m0/s1. The minimum absolute atomic E-state index is 0.121. The lowest BCUT2D eigenvalue weighted by Crippen LogP contribution is -2.47. The second-order valence-electron chi connectivity index (χ2n) is 7.02. The zero-order valence-electron chi connectivity index (χ0n) is 14.3. The Bertz CT molecular complexity index is 929. The number of fused-ring (bicyclic) bond motifs is 3. The largest absolute Gasteiger partial charge is 0.306 e. The molecule has 6 heteroatoms. The second kappa shape index (κ2) is 5.81. The molecule has 2 atom stereocenters. The van der Waals surface area contributed by atoms with Crippen LogP contribution in [0.15, 0.2) is 47.4 Å². The normalized spacial score (nSPS) is 23.4. The molecule has 1 fully saturated rings. The smallest absolute Gasteiger partial charge is 0.267 e. The van der Waals surface area contributed by atoms with Gasteiger partial charge in [-0.15, -0.1) is 0 Å². The third-order valence-corrected chi connectivity index (χ3v) is 7.15. The molecule has 4 nitrogen and oxygen atoms in total. The van der Waals surface area contributed by atoms with Gasteiger partial charge in [-0.3, -0.25) is 4.31 Å². The fourth-order valence-corrected chi connectivity index (χ4v) is 5.92. The van der Waals surface area contributed by atoms with Crippen LogP contribution in [0.1, 0.15) is 23.5 Å². The number of anilines is 1. The Morgan fingerprint density at radius 3 is 2.68 bits per heavy atom. The summed E-state index contributed by atoms with van der Waals surface area (Å²) in [6.45, 7) is 3.65. The maximum atomic E-state index is 14.3. The van der Waals surface area contributed by atoms with E-state index in [9.17, 15) is 12.8 Å². The first-order valence-electron chi connectivity index (χ1n) is 8.47. The zero-order chi connectivity index (χ0) is 17.8. The molecule has 2 aliphatic rings. The number of hydrogen-bond donors (Lipinski definition) is 0. The Morgan fingerprint density at radius 2 is 1.92 bits per heavy atom. The molecular formula is C19H21FN2O2S. The van der Waals surface area contributed by atoms with Crippen LogP contribution in [-0.2, 0) is 10.0 Å². The lowest BCUT2D eigenvalue weighted by Gasteiger charge is -2.36. The van der Waals surface area contributed by atoms with Crippen molar-refractivity contribution < 1.29 is 12.8 Å². The molecule has 132 valence electrons.